The molecular weight excluding hydrogens is 527 g/mol. The summed E-state index contributed by atoms with van der Waals surface area (Å²) in [7, 11) is -2.93. The third kappa shape index (κ3) is 6.26. The number of nitrogens with zero attached hydrogens (tertiary/aromatic N) is 3. The number of carboxylic acids is 1. The Morgan fingerprint density at radius 1 is 1.05 bits per heavy atom. The predicted octanol–water partition coefficient (Wildman–Crippen LogP) is 0.247. The maximum atomic E-state index is 13.1. The van der Waals surface area contributed by atoms with E-state index in [1.165, 1.54) is 0 Å². The first-order chi connectivity index (χ1) is 17.9. The maximum Gasteiger partial charge on any atom is 0.430 e. The molecule has 10 nitrogen and oxygen atoms in total. The lowest BCUT2D eigenvalue weighted by Gasteiger charge is -2.22. The number of benzene rings is 1. The summed E-state index contributed by atoms with van der Waals surface area (Å²) in [5.41, 5.74) is 1.63. The van der Waals surface area contributed by atoms with Crippen LogP contribution in [0.15, 0.2) is 60.9 Å². The predicted molar refractivity (Wildman–Crippen MR) is 129 cm³/mol. The van der Waals surface area contributed by atoms with Crippen molar-refractivity contribution >= 4 is 43.8 Å². The highest BCUT2D eigenvalue weighted by molar-refractivity contribution is 7.91. The zero-order valence-corrected chi connectivity index (χ0v) is 20.6. The first-order valence-electron chi connectivity index (χ1n) is 11.4. The molecule has 4 aromatic rings. The van der Waals surface area contributed by atoms with Crippen molar-refractivity contribution in [2.75, 3.05) is 29.9 Å². The number of halogens is 3. The molecule has 200 valence electrons. The molecule has 0 atom stereocenters. The summed E-state index contributed by atoms with van der Waals surface area (Å²) in [6.45, 7) is 1.67. The number of hydrogen-bond donors (Lipinski definition) is 2. The molecule has 0 saturated carbocycles. The van der Waals surface area contributed by atoms with Gasteiger partial charge in [0.15, 0.2) is 9.84 Å². The summed E-state index contributed by atoms with van der Waals surface area (Å²) in [6, 6.07) is 15.3. The van der Waals surface area contributed by atoms with Crippen LogP contribution in [0.5, 0.6) is 0 Å². The third-order valence-corrected chi connectivity index (χ3v) is 7.57. The van der Waals surface area contributed by atoms with Gasteiger partial charge in [-0.3, -0.25) is 9.20 Å². The van der Waals surface area contributed by atoms with Gasteiger partial charge in [-0.05, 0) is 23.6 Å². The number of carbonyl (C=O) groups is 2. The van der Waals surface area contributed by atoms with Gasteiger partial charge < -0.3 is 20.1 Å². The standard InChI is InChI=1S/C22H21N5O3S.C2HF3O2/c28-22(25-20-17-6-2-1-5-16(17)8-9-23-20)21-24-18(19-7-3-4-10-27(19)21)15-26-11-13-31(29,30)14-12-26;3-2(4,5)1(6)7/h1-10H,11-15H2,(H,23,25,28);(H,6,7). The van der Waals surface area contributed by atoms with Crippen LogP contribution in [-0.4, -0.2) is 65.4 Å². The van der Waals surface area contributed by atoms with Crippen LogP contribution in [-0.2, 0) is 21.2 Å². The van der Waals surface area contributed by atoms with Crippen LogP contribution in [0.3, 0.4) is 0 Å². The molecule has 5 rings (SSSR count). The SMILES string of the molecule is O=C(Nc1nccc2ccccc12)c1nc(C[NH+]2CCS(=O)(=O)CC2)c2ccccn12.O=C([O-])C(F)(F)F. The first-order valence-corrected chi connectivity index (χ1v) is 13.2. The Labute approximate surface area is 214 Å². The van der Waals surface area contributed by atoms with Gasteiger partial charge in [0.25, 0.3) is 5.91 Å². The monoisotopic (exact) mass is 549 g/mol. The molecule has 1 aromatic carbocycles. The molecule has 4 heterocycles. The van der Waals surface area contributed by atoms with E-state index in [9.17, 15) is 26.4 Å². The number of alkyl halides is 3. The van der Waals surface area contributed by atoms with Gasteiger partial charge in [0.2, 0.25) is 5.82 Å². The van der Waals surface area contributed by atoms with Crippen LogP contribution in [0, 0.1) is 0 Å². The molecule has 38 heavy (non-hydrogen) atoms. The van der Waals surface area contributed by atoms with E-state index in [1.807, 2.05) is 54.7 Å². The van der Waals surface area contributed by atoms with Gasteiger partial charge in [-0.15, -0.1) is 0 Å². The van der Waals surface area contributed by atoms with E-state index in [4.69, 9.17) is 9.90 Å². The second-order valence-electron chi connectivity index (χ2n) is 8.54. The molecule has 1 aliphatic rings. The minimum Gasteiger partial charge on any atom is -0.542 e. The lowest BCUT2D eigenvalue weighted by atomic mass is 10.1. The average Bonchev–Trinajstić information content (AvgIpc) is 3.24. The number of aliphatic carboxylic acids is 1. The first kappa shape index (κ1) is 27.0. The van der Waals surface area contributed by atoms with Gasteiger partial charge in [-0.1, -0.05) is 30.3 Å². The second-order valence-corrected chi connectivity index (χ2v) is 10.8. The minimum atomic E-state index is -5.19. The quantitative estimate of drug-likeness (QED) is 0.372. The minimum absolute atomic E-state index is 0.189. The average molecular weight is 550 g/mol. The normalized spacial score (nSPS) is 15.6. The molecule has 2 N–H and O–H groups in total. The number of rotatable bonds is 4. The summed E-state index contributed by atoms with van der Waals surface area (Å²) in [5, 5.41) is 13.5. The van der Waals surface area contributed by atoms with Crippen molar-refractivity contribution < 1.29 is 41.2 Å². The van der Waals surface area contributed by atoms with Crippen molar-refractivity contribution in [2.45, 2.75) is 12.7 Å². The number of amides is 1. The number of aromatic nitrogens is 3. The highest BCUT2D eigenvalue weighted by Crippen LogP contribution is 2.21. The van der Waals surface area contributed by atoms with Crippen molar-refractivity contribution in [1.82, 2.24) is 14.4 Å². The maximum absolute atomic E-state index is 13.1. The zero-order chi connectivity index (χ0) is 27.5. The molecule has 14 heteroatoms. The van der Waals surface area contributed by atoms with Crippen molar-refractivity contribution in [3.05, 3.63) is 72.4 Å². The number of carboxylic acid groups (broad SMARTS) is 1. The molecule has 1 amide bonds. The highest BCUT2D eigenvalue weighted by atomic mass is 32.2. The van der Waals surface area contributed by atoms with Crippen LogP contribution in [0.25, 0.3) is 16.3 Å². The van der Waals surface area contributed by atoms with Gasteiger partial charge in [0.1, 0.15) is 24.0 Å². The topological polar surface area (TPSA) is 138 Å². The lowest BCUT2D eigenvalue weighted by molar-refractivity contribution is -0.910. The van der Waals surface area contributed by atoms with Gasteiger partial charge in [-0.25, -0.2) is 18.4 Å². The van der Waals surface area contributed by atoms with E-state index >= 15 is 0 Å². The number of pyridine rings is 2. The van der Waals surface area contributed by atoms with E-state index in [1.54, 1.807) is 10.6 Å². The smallest absolute Gasteiger partial charge is 0.430 e. The molecular formula is C24H22F3N5O5S. The van der Waals surface area contributed by atoms with Gasteiger partial charge in [0.05, 0.1) is 30.1 Å². The Hall–Kier alpha value is -4.04. The molecule has 0 aliphatic carbocycles. The van der Waals surface area contributed by atoms with Crippen LogP contribution in [0.4, 0.5) is 19.0 Å². The molecule has 0 spiro atoms. The fraction of sp³-hybridized carbons (Fsp3) is 0.250. The Kier molecular flexibility index (Phi) is 7.64. The van der Waals surface area contributed by atoms with Crippen molar-refractivity contribution in [3.63, 3.8) is 0 Å². The number of imidazole rings is 1. The Bertz CT molecular complexity index is 1580. The fourth-order valence-corrected chi connectivity index (χ4v) is 5.42. The summed E-state index contributed by atoms with van der Waals surface area (Å²) in [6.07, 6.45) is -1.71. The molecule has 0 unspecified atom stereocenters. The van der Waals surface area contributed by atoms with Gasteiger partial charge in [-0.2, -0.15) is 13.2 Å². The molecule has 1 aliphatic heterocycles. The van der Waals surface area contributed by atoms with E-state index in [0.29, 0.717) is 25.5 Å². The fourth-order valence-electron chi connectivity index (χ4n) is 4.02. The number of fused-ring (bicyclic) bond motifs is 2. The number of sulfone groups is 1. The lowest BCUT2D eigenvalue weighted by Crippen LogP contribution is -3.13. The number of hydrogen-bond acceptors (Lipinski definition) is 7. The van der Waals surface area contributed by atoms with Crippen LogP contribution in [0.1, 0.15) is 16.3 Å². The van der Waals surface area contributed by atoms with E-state index in [2.05, 4.69) is 15.3 Å². The summed E-state index contributed by atoms with van der Waals surface area (Å²) in [4.78, 5) is 32.1. The molecule has 3 aromatic heterocycles. The largest absolute Gasteiger partial charge is 0.542 e. The summed E-state index contributed by atoms with van der Waals surface area (Å²) < 4.78 is 56.8. The van der Waals surface area contributed by atoms with Crippen molar-refractivity contribution in [1.29, 1.82) is 0 Å². The second kappa shape index (κ2) is 10.8. The van der Waals surface area contributed by atoms with E-state index in [-0.39, 0.29) is 23.2 Å². The van der Waals surface area contributed by atoms with Crippen LogP contribution < -0.4 is 15.3 Å². The van der Waals surface area contributed by atoms with Gasteiger partial charge >= 0.3 is 6.18 Å². The Balaban J connectivity index is 0.000000426. The highest BCUT2D eigenvalue weighted by Gasteiger charge is 2.29. The zero-order valence-electron chi connectivity index (χ0n) is 19.7. The number of carbonyl (C=O) groups excluding carboxylic acids is 2. The van der Waals surface area contributed by atoms with Gasteiger partial charge in [0, 0.05) is 17.8 Å². The van der Waals surface area contributed by atoms with Crippen LogP contribution in [0.2, 0.25) is 0 Å². The van der Waals surface area contributed by atoms with Crippen molar-refractivity contribution in [3.8, 4) is 0 Å². The molecule has 1 fully saturated rings. The molecule has 1 saturated heterocycles. The van der Waals surface area contributed by atoms with Crippen molar-refractivity contribution in [2.24, 2.45) is 0 Å². The number of quaternary nitrogens is 1. The van der Waals surface area contributed by atoms with Crippen LogP contribution >= 0.6 is 0 Å². The summed E-state index contributed by atoms with van der Waals surface area (Å²) >= 11 is 0. The molecule has 0 bridgehead atoms. The molecule has 0 radical (unpaired) electrons. The number of nitrogens with one attached hydrogen (secondary N) is 2. The van der Waals surface area contributed by atoms with E-state index < -0.39 is 22.0 Å². The van der Waals surface area contributed by atoms with E-state index in [0.717, 1.165) is 26.9 Å². The Morgan fingerprint density at radius 2 is 1.71 bits per heavy atom. The summed E-state index contributed by atoms with van der Waals surface area (Å²) in [5.74, 6) is -2.20. The Morgan fingerprint density at radius 3 is 2.39 bits per heavy atom. The number of anilines is 1. The third-order valence-electron chi connectivity index (χ3n) is 5.92.